The summed E-state index contributed by atoms with van der Waals surface area (Å²) in [6, 6.07) is 20.0. The first kappa shape index (κ1) is 25.7. The van der Waals surface area contributed by atoms with E-state index in [-0.39, 0.29) is 5.82 Å². The number of anilines is 2. The van der Waals surface area contributed by atoms with Crippen LogP contribution in [0.4, 0.5) is 21.8 Å². The van der Waals surface area contributed by atoms with Gasteiger partial charge >= 0.3 is 0 Å². The van der Waals surface area contributed by atoms with Gasteiger partial charge in [0.05, 0.1) is 18.3 Å². The molecular formula is C33H33FN6O. The Bertz CT molecular complexity index is 1650. The zero-order valence-corrected chi connectivity index (χ0v) is 23.4. The molecule has 0 unspecified atom stereocenters. The number of hydrogen-bond donors (Lipinski definition) is 2. The van der Waals surface area contributed by atoms with Crippen LogP contribution in [0.15, 0.2) is 65.7 Å². The molecule has 0 radical (unpaired) electrons. The fourth-order valence-corrected chi connectivity index (χ4v) is 5.77. The monoisotopic (exact) mass is 548 g/mol. The Labute approximate surface area is 239 Å². The molecule has 0 amide bonds. The molecule has 0 atom stereocenters. The standard InChI is InChI=1S/C33H33FN6O/c1-20-13-25-6-5-24(16-30(25)36-20)23-7-10-31-26(15-23)19-40(11-12-41-31)32-29(14-22-3-8-27(34)9-4-22)21(2)37-33(39-32)38-28-17-35-18-28/h3-10,15-16,28,35H,11-14,17-19H2,1-2H3,(H,37,38,39). The van der Waals surface area contributed by atoms with Crippen molar-refractivity contribution in [3.63, 3.8) is 0 Å². The smallest absolute Gasteiger partial charge is 0.225 e. The van der Waals surface area contributed by atoms with Crippen LogP contribution in [-0.4, -0.2) is 48.0 Å². The molecule has 1 fully saturated rings. The van der Waals surface area contributed by atoms with Crippen molar-refractivity contribution in [1.82, 2.24) is 15.3 Å². The van der Waals surface area contributed by atoms with Crippen molar-refractivity contribution in [2.45, 2.75) is 39.3 Å². The summed E-state index contributed by atoms with van der Waals surface area (Å²) in [5.41, 5.74) is 9.89. The Balaban J connectivity index is 1.24. The molecule has 7 rings (SSSR count). The number of aryl methyl sites for hydroxylation is 1. The number of halogens is 1. The van der Waals surface area contributed by atoms with Crippen LogP contribution in [0, 0.1) is 12.7 Å². The summed E-state index contributed by atoms with van der Waals surface area (Å²) in [4.78, 5) is 16.9. The van der Waals surface area contributed by atoms with Crippen molar-refractivity contribution in [2.75, 3.05) is 36.5 Å². The molecule has 3 aliphatic heterocycles. The van der Waals surface area contributed by atoms with E-state index in [1.54, 1.807) is 0 Å². The molecule has 0 saturated carbocycles. The van der Waals surface area contributed by atoms with Crippen molar-refractivity contribution < 1.29 is 9.13 Å². The van der Waals surface area contributed by atoms with E-state index < -0.39 is 0 Å². The highest BCUT2D eigenvalue weighted by atomic mass is 19.1. The van der Waals surface area contributed by atoms with E-state index in [9.17, 15) is 4.39 Å². The van der Waals surface area contributed by atoms with Crippen molar-refractivity contribution >= 4 is 23.2 Å². The minimum Gasteiger partial charge on any atom is -0.491 e. The summed E-state index contributed by atoms with van der Waals surface area (Å²) in [5.74, 6) is 2.19. The van der Waals surface area contributed by atoms with Crippen molar-refractivity contribution in [3.05, 3.63) is 94.4 Å². The third-order valence-electron chi connectivity index (χ3n) is 8.12. The maximum Gasteiger partial charge on any atom is 0.225 e. The SMILES string of the molecule is CC1=Nc2cc(-c3ccc4c(c3)CN(c3nc(NC5CNC5)nc(C)c3Cc3ccc(F)cc3)CCO4)ccc2C1. The first-order valence-electron chi connectivity index (χ1n) is 14.3. The van der Waals surface area contributed by atoms with E-state index in [2.05, 4.69) is 58.9 Å². The summed E-state index contributed by atoms with van der Waals surface area (Å²) in [6.45, 7) is 7.81. The number of nitrogens with one attached hydrogen (secondary N) is 2. The zero-order chi connectivity index (χ0) is 27.9. The van der Waals surface area contributed by atoms with Gasteiger partial charge in [-0.1, -0.05) is 30.3 Å². The maximum absolute atomic E-state index is 13.6. The van der Waals surface area contributed by atoms with Gasteiger partial charge in [0.15, 0.2) is 0 Å². The van der Waals surface area contributed by atoms with Crippen LogP contribution in [0.25, 0.3) is 11.1 Å². The lowest BCUT2D eigenvalue weighted by molar-refractivity contribution is 0.331. The number of hydrogen-bond acceptors (Lipinski definition) is 7. The van der Waals surface area contributed by atoms with Crippen LogP contribution >= 0.6 is 0 Å². The Morgan fingerprint density at radius 1 is 0.976 bits per heavy atom. The van der Waals surface area contributed by atoms with Gasteiger partial charge in [-0.2, -0.15) is 4.98 Å². The molecule has 3 aromatic carbocycles. The first-order chi connectivity index (χ1) is 20.0. The molecule has 0 aliphatic carbocycles. The molecule has 4 heterocycles. The lowest BCUT2D eigenvalue weighted by Gasteiger charge is -2.30. The Kier molecular flexibility index (Phi) is 6.63. The van der Waals surface area contributed by atoms with Gasteiger partial charge in [0.1, 0.15) is 24.0 Å². The highest BCUT2D eigenvalue weighted by molar-refractivity contribution is 5.93. The molecule has 0 bridgehead atoms. The van der Waals surface area contributed by atoms with E-state index in [1.807, 2.05) is 19.1 Å². The maximum atomic E-state index is 13.6. The molecule has 208 valence electrons. The average Bonchev–Trinajstić information content (AvgIpc) is 3.18. The molecule has 41 heavy (non-hydrogen) atoms. The highest BCUT2D eigenvalue weighted by Gasteiger charge is 2.25. The Morgan fingerprint density at radius 3 is 2.59 bits per heavy atom. The minimum absolute atomic E-state index is 0.238. The number of ether oxygens (including phenoxy) is 1. The fourth-order valence-electron chi connectivity index (χ4n) is 5.77. The van der Waals surface area contributed by atoms with Gasteiger partial charge in [0.25, 0.3) is 0 Å². The molecule has 2 N–H and O–H groups in total. The second kappa shape index (κ2) is 10.6. The Morgan fingerprint density at radius 2 is 1.78 bits per heavy atom. The van der Waals surface area contributed by atoms with Gasteiger partial charge in [0, 0.05) is 55.0 Å². The molecule has 0 spiro atoms. The highest BCUT2D eigenvalue weighted by Crippen LogP contribution is 2.36. The number of rotatable bonds is 6. The third-order valence-corrected chi connectivity index (χ3v) is 8.12. The normalized spacial score (nSPS) is 16.3. The lowest BCUT2D eigenvalue weighted by Crippen LogP contribution is -2.51. The van der Waals surface area contributed by atoms with E-state index in [1.165, 1.54) is 17.7 Å². The number of fused-ring (bicyclic) bond motifs is 2. The van der Waals surface area contributed by atoms with Gasteiger partial charge in [-0.25, -0.2) is 9.37 Å². The largest absolute Gasteiger partial charge is 0.491 e. The zero-order valence-electron chi connectivity index (χ0n) is 23.4. The predicted octanol–water partition coefficient (Wildman–Crippen LogP) is 5.61. The van der Waals surface area contributed by atoms with Gasteiger partial charge in [0.2, 0.25) is 5.95 Å². The molecule has 3 aliphatic rings. The van der Waals surface area contributed by atoms with Crippen LogP contribution in [0.5, 0.6) is 5.75 Å². The number of nitrogens with zero attached hydrogens (tertiary/aromatic N) is 4. The van der Waals surface area contributed by atoms with Crippen LogP contribution in [0.1, 0.15) is 34.9 Å². The summed E-state index contributed by atoms with van der Waals surface area (Å²) >= 11 is 0. The second-order valence-electron chi connectivity index (χ2n) is 11.2. The molecule has 1 saturated heterocycles. The molecule has 7 nitrogen and oxygen atoms in total. The topological polar surface area (TPSA) is 74.7 Å². The van der Waals surface area contributed by atoms with Crippen LogP contribution in [0.3, 0.4) is 0 Å². The molecule has 4 aromatic rings. The molecular weight excluding hydrogens is 515 g/mol. The van der Waals surface area contributed by atoms with E-state index in [0.717, 1.165) is 76.0 Å². The van der Waals surface area contributed by atoms with Crippen molar-refractivity contribution in [2.24, 2.45) is 4.99 Å². The lowest BCUT2D eigenvalue weighted by atomic mass is 9.99. The number of benzene rings is 3. The molecule has 1 aromatic heterocycles. The van der Waals surface area contributed by atoms with Crippen molar-refractivity contribution in [1.29, 1.82) is 0 Å². The van der Waals surface area contributed by atoms with Gasteiger partial charge in [-0.3, -0.25) is 4.99 Å². The van der Waals surface area contributed by atoms with E-state index in [4.69, 9.17) is 19.7 Å². The predicted molar refractivity (Wildman–Crippen MR) is 161 cm³/mol. The van der Waals surface area contributed by atoms with Crippen LogP contribution in [0.2, 0.25) is 0 Å². The van der Waals surface area contributed by atoms with E-state index >= 15 is 0 Å². The Hall–Kier alpha value is -4.30. The summed E-state index contributed by atoms with van der Waals surface area (Å²) < 4.78 is 19.9. The third kappa shape index (κ3) is 5.27. The van der Waals surface area contributed by atoms with Gasteiger partial charge in [-0.15, -0.1) is 0 Å². The minimum atomic E-state index is -0.238. The fraction of sp³-hybridized carbons (Fsp3) is 0.303. The van der Waals surface area contributed by atoms with E-state index in [0.29, 0.717) is 38.1 Å². The molecule has 8 heteroatoms. The van der Waals surface area contributed by atoms with Gasteiger partial charge < -0.3 is 20.3 Å². The number of aliphatic imine (C=N–C) groups is 1. The second-order valence-corrected chi connectivity index (χ2v) is 11.2. The average molecular weight is 549 g/mol. The summed E-state index contributed by atoms with van der Waals surface area (Å²) in [7, 11) is 0. The summed E-state index contributed by atoms with van der Waals surface area (Å²) in [5, 5.41) is 6.78. The first-order valence-corrected chi connectivity index (χ1v) is 14.3. The quantitative estimate of drug-likeness (QED) is 0.326. The number of aromatic nitrogens is 2. The van der Waals surface area contributed by atoms with Crippen LogP contribution in [-0.2, 0) is 19.4 Å². The summed E-state index contributed by atoms with van der Waals surface area (Å²) in [6.07, 6.45) is 1.54. The van der Waals surface area contributed by atoms with Crippen molar-refractivity contribution in [3.8, 4) is 16.9 Å². The van der Waals surface area contributed by atoms with Gasteiger partial charge in [-0.05, 0) is 66.4 Å². The van der Waals surface area contributed by atoms with Crippen LogP contribution < -0.4 is 20.3 Å².